The van der Waals surface area contributed by atoms with Gasteiger partial charge in [-0.1, -0.05) is 37.4 Å². The first-order chi connectivity index (χ1) is 9.51. The van der Waals surface area contributed by atoms with Crippen LogP contribution < -0.4 is 11.1 Å². The Morgan fingerprint density at radius 3 is 2.80 bits per heavy atom. The molecule has 0 radical (unpaired) electrons. The van der Waals surface area contributed by atoms with E-state index in [-0.39, 0.29) is 28.9 Å². The summed E-state index contributed by atoms with van der Waals surface area (Å²) in [5, 5.41) is 13.7. The first-order valence-electron chi connectivity index (χ1n) is 6.45. The second-order valence-electron chi connectivity index (χ2n) is 4.44. The molecule has 3 N–H and O–H groups in total. The fraction of sp³-hybridized carbons (Fsp3) is 0.462. The lowest BCUT2D eigenvalue weighted by Crippen LogP contribution is -2.40. The van der Waals surface area contributed by atoms with E-state index in [9.17, 15) is 14.9 Å². The molecule has 1 atom stereocenters. The normalized spacial score (nSPS) is 11.9. The van der Waals surface area contributed by atoms with Gasteiger partial charge in [-0.05, 0) is 12.5 Å². The first-order valence-corrected chi connectivity index (χ1v) is 6.82. The zero-order valence-corrected chi connectivity index (χ0v) is 12.0. The van der Waals surface area contributed by atoms with Crippen LogP contribution in [-0.2, 0) is 0 Å². The third-order valence-corrected chi connectivity index (χ3v) is 3.26. The van der Waals surface area contributed by atoms with E-state index >= 15 is 0 Å². The summed E-state index contributed by atoms with van der Waals surface area (Å²) in [7, 11) is 0. The second-order valence-corrected chi connectivity index (χ2v) is 4.85. The van der Waals surface area contributed by atoms with Crippen molar-refractivity contribution in [1.82, 2.24) is 5.32 Å². The molecule has 1 amide bonds. The lowest BCUT2D eigenvalue weighted by Gasteiger charge is -2.16. The molecule has 0 fully saturated rings. The number of nitro benzene ring substituents is 1. The van der Waals surface area contributed by atoms with Gasteiger partial charge in [0, 0.05) is 18.7 Å². The maximum Gasteiger partial charge on any atom is 0.283 e. The molecule has 0 aromatic heterocycles. The van der Waals surface area contributed by atoms with Crippen molar-refractivity contribution in [2.75, 3.05) is 6.54 Å². The molecule has 1 unspecified atom stereocenters. The molecule has 7 heteroatoms. The second kappa shape index (κ2) is 7.81. The predicted molar refractivity (Wildman–Crippen MR) is 77.9 cm³/mol. The maximum absolute atomic E-state index is 12.2. The van der Waals surface area contributed by atoms with Crippen LogP contribution in [0.3, 0.4) is 0 Å². The summed E-state index contributed by atoms with van der Waals surface area (Å²) in [6.07, 6.45) is 2.64. The number of rotatable bonds is 7. The maximum atomic E-state index is 12.2. The average Bonchev–Trinajstić information content (AvgIpc) is 2.42. The smallest absolute Gasteiger partial charge is 0.283 e. The van der Waals surface area contributed by atoms with Crippen LogP contribution in [0.1, 0.15) is 36.5 Å². The van der Waals surface area contributed by atoms with Gasteiger partial charge in [-0.3, -0.25) is 14.9 Å². The largest absolute Gasteiger partial charge is 0.348 e. The lowest BCUT2D eigenvalue weighted by molar-refractivity contribution is -0.385. The van der Waals surface area contributed by atoms with E-state index < -0.39 is 10.8 Å². The number of benzene rings is 1. The van der Waals surface area contributed by atoms with Crippen LogP contribution in [0.15, 0.2) is 18.2 Å². The summed E-state index contributed by atoms with van der Waals surface area (Å²) < 4.78 is 0. The number of carbonyl (C=O) groups excluding carboxylic acids is 1. The number of unbranched alkanes of at least 4 members (excludes halogenated alkanes) is 1. The van der Waals surface area contributed by atoms with E-state index in [0.29, 0.717) is 0 Å². The quantitative estimate of drug-likeness (QED) is 0.597. The van der Waals surface area contributed by atoms with Crippen molar-refractivity contribution < 1.29 is 9.72 Å². The molecule has 0 spiro atoms. The molecule has 0 saturated heterocycles. The Kier molecular flexibility index (Phi) is 6.41. The van der Waals surface area contributed by atoms with Gasteiger partial charge in [0.15, 0.2) is 0 Å². The standard InChI is InChI=1S/C13H18ClN3O3/c1-2-3-5-9(8-15)16-13(18)12-10(14)6-4-7-11(12)17(19)20/h4,6-7,9H,2-3,5,8,15H2,1H3,(H,16,18). The Balaban J connectivity index is 2.94. The van der Waals surface area contributed by atoms with Crippen LogP contribution in [0.2, 0.25) is 5.02 Å². The summed E-state index contributed by atoms with van der Waals surface area (Å²) in [6.45, 7) is 2.32. The van der Waals surface area contributed by atoms with Gasteiger partial charge in [0.05, 0.1) is 9.95 Å². The summed E-state index contributed by atoms with van der Waals surface area (Å²) in [4.78, 5) is 22.5. The van der Waals surface area contributed by atoms with Gasteiger partial charge in [0.1, 0.15) is 5.56 Å². The predicted octanol–water partition coefficient (Wildman–Crippen LogP) is 2.50. The third kappa shape index (κ3) is 4.18. The Morgan fingerprint density at radius 1 is 1.55 bits per heavy atom. The Bertz CT molecular complexity index is 494. The fourth-order valence-electron chi connectivity index (χ4n) is 1.85. The van der Waals surface area contributed by atoms with Crippen LogP contribution >= 0.6 is 11.6 Å². The molecule has 0 aliphatic carbocycles. The number of nitrogens with one attached hydrogen (secondary N) is 1. The molecule has 1 rings (SSSR count). The Hall–Kier alpha value is -1.66. The number of carbonyl (C=O) groups is 1. The summed E-state index contributed by atoms with van der Waals surface area (Å²) in [6, 6.07) is 3.93. The molecule has 110 valence electrons. The van der Waals surface area contributed by atoms with Gasteiger partial charge < -0.3 is 11.1 Å². The van der Waals surface area contributed by atoms with Crippen LogP contribution in [-0.4, -0.2) is 23.4 Å². The molecular weight excluding hydrogens is 282 g/mol. The zero-order chi connectivity index (χ0) is 15.1. The molecule has 6 nitrogen and oxygen atoms in total. The van der Waals surface area contributed by atoms with Crippen LogP contribution in [0.5, 0.6) is 0 Å². The van der Waals surface area contributed by atoms with Crippen molar-refractivity contribution in [3.05, 3.63) is 38.9 Å². The van der Waals surface area contributed by atoms with E-state index in [1.165, 1.54) is 18.2 Å². The summed E-state index contributed by atoms with van der Waals surface area (Å²) in [5.41, 5.74) is 5.17. The van der Waals surface area contributed by atoms with Crippen LogP contribution in [0, 0.1) is 10.1 Å². The number of amides is 1. The van der Waals surface area contributed by atoms with Gasteiger partial charge in [-0.15, -0.1) is 0 Å². The highest BCUT2D eigenvalue weighted by atomic mass is 35.5. The van der Waals surface area contributed by atoms with E-state index in [1.54, 1.807) is 0 Å². The number of hydrogen-bond acceptors (Lipinski definition) is 4. The highest BCUT2D eigenvalue weighted by molar-refractivity contribution is 6.34. The van der Waals surface area contributed by atoms with E-state index in [0.717, 1.165) is 19.3 Å². The average molecular weight is 300 g/mol. The van der Waals surface area contributed by atoms with Gasteiger partial charge in [0.25, 0.3) is 11.6 Å². The third-order valence-electron chi connectivity index (χ3n) is 2.94. The van der Waals surface area contributed by atoms with Crippen molar-refractivity contribution in [1.29, 1.82) is 0 Å². The number of halogens is 1. The van der Waals surface area contributed by atoms with E-state index in [4.69, 9.17) is 17.3 Å². The van der Waals surface area contributed by atoms with Gasteiger partial charge in [-0.25, -0.2) is 0 Å². The first kappa shape index (κ1) is 16.4. The fourth-order valence-corrected chi connectivity index (χ4v) is 2.10. The SMILES string of the molecule is CCCCC(CN)NC(=O)c1c(Cl)cccc1[N+](=O)[O-]. The molecule has 0 saturated carbocycles. The molecule has 0 aliphatic heterocycles. The minimum absolute atomic E-state index is 0.0583. The van der Waals surface area contributed by atoms with Crippen molar-refractivity contribution in [2.24, 2.45) is 5.73 Å². The molecule has 1 aromatic carbocycles. The number of nitrogens with zero attached hydrogens (tertiary/aromatic N) is 1. The molecule has 0 aliphatic rings. The van der Waals surface area contributed by atoms with Gasteiger partial charge in [-0.2, -0.15) is 0 Å². The molecule has 20 heavy (non-hydrogen) atoms. The van der Waals surface area contributed by atoms with Crippen molar-refractivity contribution in [2.45, 2.75) is 32.2 Å². The minimum Gasteiger partial charge on any atom is -0.348 e. The monoisotopic (exact) mass is 299 g/mol. The molecule has 0 bridgehead atoms. The van der Waals surface area contributed by atoms with Crippen LogP contribution in [0.4, 0.5) is 5.69 Å². The van der Waals surface area contributed by atoms with Crippen molar-refractivity contribution in [3.8, 4) is 0 Å². The molecule has 0 heterocycles. The van der Waals surface area contributed by atoms with Crippen LogP contribution in [0.25, 0.3) is 0 Å². The van der Waals surface area contributed by atoms with E-state index in [2.05, 4.69) is 5.32 Å². The lowest BCUT2D eigenvalue weighted by atomic mass is 10.1. The highest BCUT2D eigenvalue weighted by Gasteiger charge is 2.24. The topological polar surface area (TPSA) is 98.3 Å². The number of nitrogens with two attached hydrogens (primary N) is 1. The molecular formula is C13H18ClN3O3. The van der Waals surface area contributed by atoms with Gasteiger partial charge in [0.2, 0.25) is 0 Å². The minimum atomic E-state index is -0.621. The Morgan fingerprint density at radius 2 is 2.25 bits per heavy atom. The van der Waals surface area contributed by atoms with Gasteiger partial charge >= 0.3 is 0 Å². The van der Waals surface area contributed by atoms with Crippen molar-refractivity contribution in [3.63, 3.8) is 0 Å². The highest BCUT2D eigenvalue weighted by Crippen LogP contribution is 2.26. The summed E-state index contributed by atoms with van der Waals surface area (Å²) >= 11 is 5.90. The summed E-state index contributed by atoms with van der Waals surface area (Å²) in [5.74, 6) is -0.561. The zero-order valence-electron chi connectivity index (χ0n) is 11.3. The molecule has 1 aromatic rings. The van der Waals surface area contributed by atoms with E-state index in [1.807, 2.05) is 6.92 Å². The van der Waals surface area contributed by atoms with Crippen molar-refractivity contribution >= 4 is 23.2 Å². The Labute approximate surface area is 122 Å². The number of nitro groups is 1. The number of hydrogen-bond donors (Lipinski definition) is 2.